The van der Waals surface area contributed by atoms with Crippen LogP contribution in [0.15, 0.2) is 11.6 Å². The van der Waals surface area contributed by atoms with Crippen molar-refractivity contribution >= 4 is 15.9 Å². The Labute approximate surface area is 66.5 Å². The van der Waals surface area contributed by atoms with E-state index in [0.29, 0.717) is 5.41 Å². The molecule has 0 aliphatic carbocycles. The zero-order chi connectivity index (χ0) is 7.49. The quantitative estimate of drug-likeness (QED) is 0.440. The molecule has 0 bridgehead atoms. The molecule has 0 saturated carbocycles. The van der Waals surface area contributed by atoms with Crippen molar-refractivity contribution in [2.45, 2.75) is 27.7 Å². The fraction of sp³-hybridized carbons (Fsp3) is 0.750. The molecule has 0 aromatic carbocycles. The van der Waals surface area contributed by atoms with Gasteiger partial charge in [-0.25, -0.2) is 0 Å². The molecule has 54 valence electrons. The molecule has 0 aliphatic rings. The van der Waals surface area contributed by atoms with E-state index in [9.17, 15) is 0 Å². The normalized spacial score (nSPS) is 14.1. The van der Waals surface area contributed by atoms with Crippen LogP contribution in [0.2, 0.25) is 0 Å². The van der Waals surface area contributed by atoms with Gasteiger partial charge in [-0.05, 0) is 12.3 Å². The van der Waals surface area contributed by atoms with Crippen molar-refractivity contribution in [2.75, 3.05) is 5.33 Å². The lowest BCUT2D eigenvalue weighted by Crippen LogP contribution is -2.06. The number of rotatable bonds is 1. The van der Waals surface area contributed by atoms with Gasteiger partial charge in [0, 0.05) is 5.33 Å². The van der Waals surface area contributed by atoms with Gasteiger partial charge in [-0.1, -0.05) is 48.4 Å². The van der Waals surface area contributed by atoms with E-state index in [1.807, 2.05) is 0 Å². The Kier molecular flexibility index (Phi) is 3.49. The molecular weight excluding hydrogens is 176 g/mol. The molecule has 0 amide bonds. The highest BCUT2D eigenvalue weighted by Crippen LogP contribution is 2.23. The molecule has 0 saturated heterocycles. The van der Waals surface area contributed by atoms with Gasteiger partial charge in [-0.15, -0.1) is 0 Å². The highest BCUT2D eigenvalue weighted by Gasteiger charge is 2.10. The Morgan fingerprint density at radius 3 is 2.00 bits per heavy atom. The summed E-state index contributed by atoms with van der Waals surface area (Å²) < 4.78 is 0. The Bertz CT molecular complexity index is 106. The van der Waals surface area contributed by atoms with Gasteiger partial charge in [0.05, 0.1) is 0 Å². The first kappa shape index (κ1) is 9.22. The molecule has 0 aliphatic heterocycles. The number of hydrogen-bond acceptors (Lipinski definition) is 0. The van der Waals surface area contributed by atoms with Crippen molar-refractivity contribution in [3.05, 3.63) is 11.6 Å². The topological polar surface area (TPSA) is 0 Å². The minimum Gasteiger partial charge on any atom is -0.0883 e. The number of hydrogen-bond donors (Lipinski definition) is 0. The molecule has 0 aromatic heterocycles. The second kappa shape index (κ2) is 3.40. The van der Waals surface area contributed by atoms with Crippen LogP contribution < -0.4 is 0 Å². The van der Waals surface area contributed by atoms with Gasteiger partial charge in [0.2, 0.25) is 0 Å². The fourth-order valence-electron chi connectivity index (χ4n) is 0.422. The molecular formula is C8H15Br. The summed E-state index contributed by atoms with van der Waals surface area (Å²) in [6.45, 7) is 8.84. The van der Waals surface area contributed by atoms with Crippen molar-refractivity contribution in [2.24, 2.45) is 5.41 Å². The molecule has 0 nitrogen and oxygen atoms in total. The van der Waals surface area contributed by atoms with Crippen LogP contribution in [0.1, 0.15) is 27.7 Å². The molecule has 0 unspecified atom stereocenters. The molecule has 1 heteroatoms. The van der Waals surface area contributed by atoms with E-state index in [0.717, 1.165) is 5.33 Å². The third-order valence-electron chi connectivity index (χ3n) is 1.57. The third kappa shape index (κ3) is 3.74. The van der Waals surface area contributed by atoms with Crippen LogP contribution in [0.5, 0.6) is 0 Å². The summed E-state index contributed by atoms with van der Waals surface area (Å²) in [6.07, 6.45) is 2.21. The van der Waals surface area contributed by atoms with E-state index in [1.165, 1.54) is 5.57 Å². The maximum absolute atomic E-state index is 3.37. The molecule has 0 rings (SSSR count). The number of halogens is 1. The van der Waals surface area contributed by atoms with Crippen molar-refractivity contribution in [3.63, 3.8) is 0 Å². The standard InChI is InChI=1S/C8H15Br/c1-7(5-6-9)8(2,3)4/h5H,6H2,1-4H3/b7-5+. The first-order valence-electron chi connectivity index (χ1n) is 3.21. The predicted octanol–water partition coefficient (Wildman–Crippen LogP) is 3.37. The molecule has 9 heavy (non-hydrogen) atoms. The van der Waals surface area contributed by atoms with Crippen LogP contribution in [0.4, 0.5) is 0 Å². The van der Waals surface area contributed by atoms with Crippen LogP contribution >= 0.6 is 15.9 Å². The van der Waals surface area contributed by atoms with Gasteiger partial charge >= 0.3 is 0 Å². The lowest BCUT2D eigenvalue weighted by atomic mass is 9.88. The van der Waals surface area contributed by atoms with E-state index >= 15 is 0 Å². The Morgan fingerprint density at radius 1 is 1.44 bits per heavy atom. The lowest BCUT2D eigenvalue weighted by molar-refractivity contribution is 0.503. The van der Waals surface area contributed by atoms with E-state index in [4.69, 9.17) is 0 Å². The van der Waals surface area contributed by atoms with Gasteiger partial charge in [-0.2, -0.15) is 0 Å². The van der Waals surface area contributed by atoms with Crippen molar-refractivity contribution in [1.82, 2.24) is 0 Å². The Balaban J connectivity index is 4.03. The van der Waals surface area contributed by atoms with Gasteiger partial charge in [0.15, 0.2) is 0 Å². The minimum absolute atomic E-state index is 0.341. The lowest BCUT2D eigenvalue weighted by Gasteiger charge is -2.18. The van der Waals surface area contributed by atoms with Crippen LogP contribution in [-0.2, 0) is 0 Å². The first-order valence-corrected chi connectivity index (χ1v) is 4.34. The van der Waals surface area contributed by atoms with Gasteiger partial charge in [0.1, 0.15) is 0 Å². The van der Waals surface area contributed by atoms with Crippen molar-refractivity contribution in [3.8, 4) is 0 Å². The second-order valence-corrected chi connectivity index (χ2v) is 3.94. The predicted molar refractivity (Wildman–Crippen MR) is 47.0 cm³/mol. The molecule has 0 N–H and O–H groups in total. The number of alkyl halides is 1. The van der Waals surface area contributed by atoms with E-state index in [2.05, 4.69) is 49.7 Å². The van der Waals surface area contributed by atoms with Crippen LogP contribution in [0, 0.1) is 5.41 Å². The zero-order valence-corrected chi connectivity index (χ0v) is 8.25. The average Bonchev–Trinajstić information content (AvgIpc) is 1.64. The first-order chi connectivity index (χ1) is 3.98. The minimum atomic E-state index is 0.341. The van der Waals surface area contributed by atoms with Gasteiger partial charge in [0.25, 0.3) is 0 Å². The summed E-state index contributed by atoms with van der Waals surface area (Å²) in [6, 6.07) is 0. The molecule has 0 fully saturated rings. The average molecular weight is 191 g/mol. The van der Waals surface area contributed by atoms with Crippen LogP contribution in [0.3, 0.4) is 0 Å². The monoisotopic (exact) mass is 190 g/mol. The summed E-state index contributed by atoms with van der Waals surface area (Å²) >= 11 is 3.37. The largest absolute Gasteiger partial charge is 0.0883 e. The van der Waals surface area contributed by atoms with E-state index in [1.54, 1.807) is 0 Å². The van der Waals surface area contributed by atoms with E-state index < -0.39 is 0 Å². The SMILES string of the molecule is C/C(=C\CBr)C(C)(C)C. The zero-order valence-electron chi connectivity index (χ0n) is 6.66. The van der Waals surface area contributed by atoms with Crippen LogP contribution in [0.25, 0.3) is 0 Å². The smallest absolute Gasteiger partial charge is 0.0214 e. The Hall–Kier alpha value is 0.220. The molecule has 0 atom stereocenters. The van der Waals surface area contributed by atoms with Crippen molar-refractivity contribution < 1.29 is 0 Å². The summed E-state index contributed by atoms with van der Waals surface area (Å²) in [7, 11) is 0. The highest BCUT2D eigenvalue weighted by molar-refractivity contribution is 9.09. The maximum Gasteiger partial charge on any atom is 0.0214 e. The molecule has 0 spiro atoms. The Morgan fingerprint density at radius 2 is 1.89 bits per heavy atom. The van der Waals surface area contributed by atoms with Crippen molar-refractivity contribution in [1.29, 1.82) is 0 Å². The summed E-state index contributed by atoms with van der Waals surface area (Å²) in [5.74, 6) is 0. The van der Waals surface area contributed by atoms with Gasteiger partial charge < -0.3 is 0 Å². The summed E-state index contributed by atoms with van der Waals surface area (Å²) in [4.78, 5) is 0. The summed E-state index contributed by atoms with van der Waals surface area (Å²) in [5.41, 5.74) is 1.78. The highest BCUT2D eigenvalue weighted by atomic mass is 79.9. The number of allylic oxidation sites excluding steroid dienone is 2. The molecule has 0 aromatic rings. The summed E-state index contributed by atoms with van der Waals surface area (Å²) in [5, 5.41) is 0.968. The molecule has 0 radical (unpaired) electrons. The second-order valence-electron chi connectivity index (χ2n) is 3.29. The molecule has 0 heterocycles. The maximum atomic E-state index is 3.37. The fourth-order valence-corrected chi connectivity index (χ4v) is 0.908. The van der Waals surface area contributed by atoms with E-state index in [-0.39, 0.29) is 0 Å². The van der Waals surface area contributed by atoms with Crippen LogP contribution in [-0.4, -0.2) is 5.33 Å². The third-order valence-corrected chi connectivity index (χ3v) is 1.89. The van der Waals surface area contributed by atoms with Gasteiger partial charge in [-0.3, -0.25) is 0 Å².